The van der Waals surface area contributed by atoms with Gasteiger partial charge in [0.15, 0.2) is 0 Å². The number of hydrogen-bond donors (Lipinski definition) is 4. The molecule has 2 saturated heterocycles. The van der Waals surface area contributed by atoms with Crippen LogP contribution in [0.3, 0.4) is 0 Å². The summed E-state index contributed by atoms with van der Waals surface area (Å²) in [5, 5.41) is 0.531. The standard InChI is InChI=1S/C10H17N5O7S/c1-5(11)8(16)12-13-9(17)7-3-2-6-4-14(7)10(18)15(6)22-23(19,20)21/h5-7H,2-4,11H2,1H3,(H,12,16)(H,13,17)(H,19,20,21)/t5-,6-,7+/m1/s1. The SMILES string of the molecule is C[C@@H](N)C(=O)NNC(=O)[C@@H]1CC[C@@H]2CN1C(=O)N2OS(=O)(=O)O. The van der Waals surface area contributed by atoms with Crippen molar-refractivity contribution >= 4 is 28.2 Å². The van der Waals surface area contributed by atoms with Crippen molar-refractivity contribution in [1.29, 1.82) is 0 Å². The minimum atomic E-state index is -4.84. The molecule has 0 aromatic rings. The van der Waals surface area contributed by atoms with Gasteiger partial charge in [-0.15, -0.1) is 4.28 Å². The predicted octanol–water partition coefficient (Wildman–Crippen LogP) is -2.52. The van der Waals surface area contributed by atoms with Gasteiger partial charge in [0.25, 0.3) is 11.8 Å². The first kappa shape index (κ1) is 17.4. The smallest absolute Gasteiger partial charge is 0.320 e. The molecule has 2 aliphatic rings. The number of hydrogen-bond acceptors (Lipinski definition) is 7. The quantitative estimate of drug-likeness (QED) is 0.317. The third kappa shape index (κ3) is 3.87. The molecular formula is C10H17N5O7S. The molecule has 2 fully saturated rings. The molecule has 0 aromatic carbocycles. The molecule has 0 saturated carbocycles. The van der Waals surface area contributed by atoms with Gasteiger partial charge in [0.2, 0.25) is 0 Å². The molecule has 0 radical (unpaired) electrons. The number of nitrogens with one attached hydrogen (secondary N) is 2. The van der Waals surface area contributed by atoms with Crippen LogP contribution in [0, 0.1) is 0 Å². The van der Waals surface area contributed by atoms with Gasteiger partial charge in [-0.25, -0.2) is 4.79 Å². The number of carbonyl (C=O) groups is 3. The second kappa shape index (κ2) is 6.27. The van der Waals surface area contributed by atoms with Gasteiger partial charge in [-0.2, -0.15) is 13.5 Å². The number of nitrogens with two attached hydrogens (primary N) is 1. The predicted molar refractivity (Wildman–Crippen MR) is 73.3 cm³/mol. The van der Waals surface area contributed by atoms with E-state index in [9.17, 15) is 22.8 Å². The van der Waals surface area contributed by atoms with E-state index in [1.807, 2.05) is 0 Å². The molecule has 0 aliphatic carbocycles. The number of amides is 4. The molecule has 13 heteroatoms. The van der Waals surface area contributed by atoms with Gasteiger partial charge in [0.05, 0.1) is 12.1 Å². The maximum atomic E-state index is 12.1. The Hall–Kier alpha value is -1.96. The summed E-state index contributed by atoms with van der Waals surface area (Å²) in [4.78, 5) is 36.6. The second-order valence-electron chi connectivity index (χ2n) is 5.28. The van der Waals surface area contributed by atoms with Gasteiger partial charge in [0, 0.05) is 6.54 Å². The fraction of sp³-hybridized carbons (Fsp3) is 0.700. The lowest BCUT2D eigenvalue weighted by Gasteiger charge is -2.29. The van der Waals surface area contributed by atoms with Crippen LogP contribution >= 0.6 is 0 Å². The molecule has 0 spiro atoms. The Balaban J connectivity index is 2.01. The summed E-state index contributed by atoms with van der Waals surface area (Å²) in [5.74, 6) is -1.24. The van der Waals surface area contributed by atoms with E-state index in [4.69, 9.17) is 10.3 Å². The highest BCUT2D eigenvalue weighted by Crippen LogP contribution is 2.30. The van der Waals surface area contributed by atoms with Gasteiger partial charge >= 0.3 is 16.4 Å². The third-order valence-corrected chi connectivity index (χ3v) is 3.87. The summed E-state index contributed by atoms with van der Waals surface area (Å²) in [6.07, 6.45) is 0.526. The largest absolute Gasteiger partial charge is 0.418 e. The van der Waals surface area contributed by atoms with Gasteiger partial charge in [-0.1, -0.05) is 0 Å². The number of nitrogens with zero attached hydrogens (tertiary/aromatic N) is 2. The van der Waals surface area contributed by atoms with Crippen LogP contribution < -0.4 is 16.6 Å². The Morgan fingerprint density at radius 2 is 2.04 bits per heavy atom. The molecule has 4 amide bonds. The van der Waals surface area contributed by atoms with Gasteiger partial charge < -0.3 is 10.6 Å². The molecule has 5 N–H and O–H groups in total. The fourth-order valence-electron chi connectivity index (χ4n) is 2.42. The van der Waals surface area contributed by atoms with Crippen molar-refractivity contribution in [2.24, 2.45) is 5.73 Å². The lowest BCUT2D eigenvalue weighted by Crippen LogP contribution is -2.56. The first-order valence-electron chi connectivity index (χ1n) is 6.72. The normalized spacial score (nSPS) is 25.3. The van der Waals surface area contributed by atoms with E-state index in [2.05, 4.69) is 15.1 Å². The molecule has 0 aromatic heterocycles. The molecule has 130 valence electrons. The van der Waals surface area contributed by atoms with Crippen LogP contribution in [0.2, 0.25) is 0 Å². The zero-order valence-corrected chi connectivity index (χ0v) is 12.9. The Labute approximate surface area is 131 Å². The average molecular weight is 351 g/mol. The molecule has 2 bridgehead atoms. The third-order valence-electron chi connectivity index (χ3n) is 3.52. The highest BCUT2D eigenvalue weighted by molar-refractivity contribution is 7.80. The van der Waals surface area contributed by atoms with Crippen LogP contribution in [0.1, 0.15) is 19.8 Å². The number of hydrazine groups is 1. The van der Waals surface area contributed by atoms with Crippen molar-refractivity contribution in [3.05, 3.63) is 0 Å². The van der Waals surface area contributed by atoms with E-state index in [1.165, 1.54) is 6.92 Å². The second-order valence-corrected chi connectivity index (χ2v) is 6.28. The first-order valence-corrected chi connectivity index (χ1v) is 8.09. The number of fused-ring (bicyclic) bond motifs is 2. The summed E-state index contributed by atoms with van der Waals surface area (Å²) < 4.78 is 34.4. The van der Waals surface area contributed by atoms with E-state index < -0.39 is 46.4 Å². The van der Waals surface area contributed by atoms with Crippen LogP contribution in [0.15, 0.2) is 0 Å². The van der Waals surface area contributed by atoms with Crippen molar-refractivity contribution in [3.8, 4) is 0 Å². The Kier molecular flexibility index (Phi) is 4.74. The molecule has 2 aliphatic heterocycles. The Morgan fingerprint density at radius 3 is 2.61 bits per heavy atom. The number of carbonyl (C=O) groups excluding carboxylic acids is 3. The van der Waals surface area contributed by atoms with E-state index in [-0.39, 0.29) is 19.4 Å². The van der Waals surface area contributed by atoms with E-state index in [0.29, 0.717) is 5.06 Å². The van der Waals surface area contributed by atoms with E-state index in [1.54, 1.807) is 0 Å². The average Bonchev–Trinajstić information content (AvgIpc) is 2.68. The maximum Gasteiger partial charge on any atom is 0.418 e. The van der Waals surface area contributed by atoms with Crippen molar-refractivity contribution in [1.82, 2.24) is 20.8 Å². The van der Waals surface area contributed by atoms with Crippen LogP contribution in [0.25, 0.3) is 0 Å². The lowest BCUT2D eigenvalue weighted by atomic mass is 10.0. The number of rotatable bonds is 4. The summed E-state index contributed by atoms with van der Waals surface area (Å²) >= 11 is 0. The summed E-state index contributed by atoms with van der Waals surface area (Å²) in [5.41, 5.74) is 9.61. The summed E-state index contributed by atoms with van der Waals surface area (Å²) in [6, 6.07) is -3.17. The molecule has 0 unspecified atom stereocenters. The summed E-state index contributed by atoms with van der Waals surface area (Å²) in [7, 11) is -4.84. The minimum absolute atomic E-state index is 0.0632. The van der Waals surface area contributed by atoms with Crippen molar-refractivity contribution < 1.29 is 31.6 Å². The van der Waals surface area contributed by atoms with Crippen LogP contribution in [-0.4, -0.2) is 65.4 Å². The molecule has 2 heterocycles. The molecule has 12 nitrogen and oxygen atoms in total. The van der Waals surface area contributed by atoms with E-state index in [0.717, 1.165) is 4.90 Å². The first-order chi connectivity index (χ1) is 10.6. The van der Waals surface area contributed by atoms with Crippen molar-refractivity contribution in [2.45, 2.75) is 37.9 Å². The van der Waals surface area contributed by atoms with Gasteiger partial charge in [0.1, 0.15) is 6.04 Å². The van der Waals surface area contributed by atoms with Crippen molar-refractivity contribution in [2.75, 3.05) is 6.54 Å². The fourth-order valence-corrected chi connectivity index (χ4v) is 2.81. The van der Waals surface area contributed by atoms with Crippen LogP contribution in [-0.2, 0) is 24.3 Å². The van der Waals surface area contributed by atoms with Crippen molar-refractivity contribution in [3.63, 3.8) is 0 Å². The molecule has 2 rings (SSSR count). The monoisotopic (exact) mass is 351 g/mol. The molecule has 23 heavy (non-hydrogen) atoms. The number of piperidine rings is 1. The van der Waals surface area contributed by atoms with Crippen LogP contribution in [0.5, 0.6) is 0 Å². The molecular weight excluding hydrogens is 334 g/mol. The lowest BCUT2D eigenvalue weighted by molar-refractivity contribution is -0.132. The molecule has 3 atom stereocenters. The Morgan fingerprint density at radius 1 is 1.39 bits per heavy atom. The summed E-state index contributed by atoms with van der Waals surface area (Å²) in [6.45, 7) is 1.49. The van der Waals surface area contributed by atoms with E-state index >= 15 is 0 Å². The van der Waals surface area contributed by atoms with Crippen LogP contribution in [0.4, 0.5) is 4.79 Å². The number of urea groups is 1. The number of hydroxylamine groups is 2. The highest BCUT2D eigenvalue weighted by atomic mass is 32.3. The minimum Gasteiger partial charge on any atom is -0.320 e. The van der Waals surface area contributed by atoms with Gasteiger partial charge in [-0.3, -0.25) is 25.0 Å². The maximum absolute atomic E-state index is 12.1. The zero-order valence-electron chi connectivity index (χ0n) is 12.1. The zero-order chi connectivity index (χ0) is 17.4. The van der Waals surface area contributed by atoms with Gasteiger partial charge in [-0.05, 0) is 19.8 Å². The highest BCUT2D eigenvalue weighted by Gasteiger charge is 2.49. The Bertz CT molecular complexity index is 621. The topological polar surface area (TPSA) is 171 Å².